The fraction of sp³-hybridized carbons (Fsp3) is 0.519. The third kappa shape index (κ3) is 3.24. The number of aromatic nitrogens is 3. The Morgan fingerprint density at radius 3 is 2.61 bits per heavy atom. The smallest absolute Gasteiger partial charge is 0.250 e. The Labute approximate surface area is 220 Å². The molecular formula is C27H32N6O5. The number of aliphatic hydroxyl groups is 1. The Morgan fingerprint density at radius 2 is 1.84 bits per heavy atom. The maximum atomic E-state index is 14.4. The summed E-state index contributed by atoms with van der Waals surface area (Å²) in [4.78, 5) is 46.9. The molecule has 2 fully saturated rings. The predicted molar refractivity (Wildman–Crippen MR) is 136 cm³/mol. The highest BCUT2D eigenvalue weighted by molar-refractivity contribution is 6.00. The Morgan fingerprint density at radius 1 is 1.08 bits per heavy atom. The van der Waals surface area contributed by atoms with Gasteiger partial charge in [-0.3, -0.25) is 14.4 Å². The quantitative estimate of drug-likeness (QED) is 0.572. The minimum atomic E-state index is -1.35. The van der Waals surface area contributed by atoms with E-state index < -0.39 is 35.1 Å². The van der Waals surface area contributed by atoms with Crippen LogP contribution in [0.1, 0.15) is 20.3 Å². The van der Waals surface area contributed by atoms with Gasteiger partial charge in [0.1, 0.15) is 23.8 Å². The van der Waals surface area contributed by atoms with E-state index in [9.17, 15) is 19.5 Å². The lowest BCUT2D eigenvalue weighted by Crippen LogP contribution is -2.58. The van der Waals surface area contributed by atoms with Crippen LogP contribution < -0.4 is 0 Å². The fourth-order valence-electron chi connectivity index (χ4n) is 6.74. The summed E-state index contributed by atoms with van der Waals surface area (Å²) >= 11 is 0. The highest BCUT2D eigenvalue weighted by Gasteiger charge is 2.75. The average Bonchev–Trinajstić information content (AvgIpc) is 3.47. The molecule has 2 saturated heterocycles. The molecule has 1 aromatic carbocycles. The first-order valence-electron chi connectivity index (χ1n) is 13.1. The van der Waals surface area contributed by atoms with Crippen LogP contribution >= 0.6 is 0 Å². The van der Waals surface area contributed by atoms with Crippen LogP contribution in [0, 0.1) is 11.8 Å². The zero-order valence-electron chi connectivity index (χ0n) is 21.7. The third-order valence-corrected chi connectivity index (χ3v) is 8.63. The number of aliphatic hydroxyl groups excluding tert-OH is 1. The van der Waals surface area contributed by atoms with Gasteiger partial charge in [0.05, 0.1) is 35.6 Å². The van der Waals surface area contributed by atoms with Crippen molar-refractivity contribution in [3.63, 3.8) is 0 Å². The van der Waals surface area contributed by atoms with Gasteiger partial charge < -0.3 is 24.5 Å². The summed E-state index contributed by atoms with van der Waals surface area (Å²) in [5.74, 6) is -2.53. The molecule has 200 valence electrons. The number of para-hydroxylation sites is 1. The second-order valence-corrected chi connectivity index (χ2v) is 10.7. The Kier molecular flexibility index (Phi) is 5.69. The van der Waals surface area contributed by atoms with E-state index >= 15 is 0 Å². The molecule has 1 aromatic heterocycles. The van der Waals surface area contributed by atoms with Crippen LogP contribution in [0.5, 0.6) is 0 Å². The van der Waals surface area contributed by atoms with Gasteiger partial charge in [0, 0.05) is 20.1 Å². The van der Waals surface area contributed by atoms with E-state index in [0.717, 1.165) is 5.52 Å². The van der Waals surface area contributed by atoms with E-state index in [2.05, 4.69) is 10.3 Å². The van der Waals surface area contributed by atoms with Crippen molar-refractivity contribution in [1.82, 2.24) is 29.7 Å². The molecule has 4 aliphatic rings. The van der Waals surface area contributed by atoms with Crippen LogP contribution in [-0.2, 0) is 25.8 Å². The van der Waals surface area contributed by atoms with E-state index in [-0.39, 0.29) is 37.5 Å². The lowest BCUT2D eigenvalue weighted by Gasteiger charge is -2.40. The van der Waals surface area contributed by atoms with Gasteiger partial charge in [-0.15, -0.1) is 5.10 Å². The minimum Gasteiger partial charge on any atom is -0.394 e. The normalized spacial score (nSPS) is 33.4. The van der Waals surface area contributed by atoms with Gasteiger partial charge in [0.2, 0.25) is 11.8 Å². The van der Waals surface area contributed by atoms with E-state index in [4.69, 9.17) is 4.74 Å². The molecule has 38 heavy (non-hydrogen) atoms. The van der Waals surface area contributed by atoms with Gasteiger partial charge in [0.25, 0.3) is 5.91 Å². The number of benzene rings is 1. The van der Waals surface area contributed by atoms with Crippen LogP contribution in [-0.4, -0.2) is 103 Å². The molecule has 0 saturated carbocycles. The first-order chi connectivity index (χ1) is 18.3. The van der Waals surface area contributed by atoms with Gasteiger partial charge in [-0.1, -0.05) is 48.6 Å². The zero-order chi connectivity index (χ0) is 26.8. The topological polar surface area (TPSA) is 121 Å². The highest BCUT2D eigenvalue weighted by Crippen LogP contribution is 2.58. The van der Waals surface area contributed by atoms with Crippen molar-refractivity contribution in [3.05, 3.63) is 48.6 Å². The fourth-order valence-corrected chi connectivity index (χ4v) is 6.74. The molecule has 3 amide bonds. The summed E-state index contributed by atoms with van der Waals surface area (Å²) in [7, 11) is 1.71. The number of hydrogen-bond acceptors (Lipinski definition) is 7. The first-order valence-corrected chi connectivity index (χ1v) is 13.1. The van der Waals surface area contributed by atoms with Crippen LogP contribution in [0.2, 0.25) is 0 Å². The lowest BCUT2D eigenvalue weighted by atomic mass is 9.73. The number of hydrogen-bond donors (Lipinski definition) is 1. The van der Waals surface area contributed by atoms with Crippen molar-refractivity contribution in [2.24, 2.45) is 11.8 Å². The van der Waals surface area contributed by atoms with Crippen molar-refractivity contribution in [2.45, 2.75) is 50.2 Å². The van der Waals surface area contributed by atoms with Gasteiger partial charge >= 0.3 is 0 Å². The van der Waals surface area contributed by atoms with Crippen molar-refractivity contribution < 1.29 is 24.2 Å². The maximum absolute atomic E-state index is 14.4. The van der Waals surface area contributed by atoms with Crippen LogP contribution in [0.3, 0.4) is 0 Å². The number of likely N-dealkylation sites (tertiary alicyclic amines) is 1. The van der Waals surface area contributed by atoms with Crippen LogP contribution in [0.15, 0.2) is 48.6 Å². The molecule has 2 aromatic rings. The summed E-state index contributed by atoms with van der Waals surface area (Å²) in [5.41, 5.74) is -0.869. The van der Waals surface area contributed by atoms with Crippen molar-refractivity contribution in [1.29, 1.82) is 0 Å². The zero-order valence-corrected chi connectivity index (χ0v) is 21.7. The Balaban J connectivity index is 1.46. The van der Waals surface area contributed by atoms with Crippen molar-refractivity contribution >= 4 is 28.8 Å². The number of likely N-dealkylation sites (N-methyl/N-ethyl adjacent to an activating group) is 1. The SMILES string of the molecule is CC[C@]12C=CCN(C)C(=O)[C@H]1[C@H]1C(=O)N([C@H](C)CO)C3C(=O)N(Cn4nnc5ccccc54)CC=C[C@@]31O2. The highest BCUT2D eigenvalue weighted by atomic mass is 16.5. The molecule has 1 spiro atoms. The van der Waals surface area contributed by atoms with E-state index in [1.807, 2.05) is 55.5 Å². The number of rotatable bonds is 5. The summed E-state index contributed by atoms with van der Waals surface area (Å²) in [5, 5.41) is 18.5. The predicted octanol–water partition coefficient (Wildman–Crippen LogP) is 0.557. The van der Waals surface area contributed by atoms with Crippen LogP contribution in [0.25, 0.3) is 11.0 Å². The number of amides is 3. The molecule has 6 atom stereocenters. The molecule has 5 heterocycles. The lowest BCUT2D eigenvalue weighted by molar-refractivity contribution is -0.157. The van der Waals surface area contributed by atoms with Gasteiger partial charge in [0.15, 0.2) is 0 Å². The summed E-state index contributed by atoms with van der Waals surface area (Å²) < 4.78 is 8.52. The summed E-state index contributed by atoms with van der Waals surface area (Å²) in [6, 6.07) is 5.81. The molecule has 1 unspecified atom stereocenters. The van der Waals surface area contributed by atoms with Crippen molar-refractivity contribution in [2.75, 3.05) is 26.7 Å². The molecule has 6 rings (SSSR count). The number of carbonyl (C=O) groups excluding carboxylic acids is 3. The number of ether oxygens (including phenoxy) is 1. The van der Waals surface area contributed by atoms with E-state index in [0.29, 0.717) is 18.5 Å². The van der Waals surface area contributed by atoms with Crippen molar-refractivity contribution in [3.8, 4) is 0 Å². The average molecular weight is 521 g/mol. The molecule has 0 radical (unpaired) electrons. The number of nitrogens with zero attached hydrogens (tertiary/aromatic N) is 6. The molecule has 4 aliphatic heterocycles. The first kappa shape index (κ1) is 24.7. The molecule has 0 bridgehead atoms. The maximum Gasteiger partial charge on any atom is 0.250 e. The van der Waals surface area contributed by atoms with E-state index in [1.54, 1.807) is 28.5 Å². The second-order valence-electron chi connectivity index (χ2n) is 10.7. The van der Waals surface area contributed by atoms with Gasteiger partial charge in [-0.05, 0) is 25.5 Å². The molecule has 11 heteroatoms. The standard InChI is InChI=1S/C27H32N6O5/c1-4-26-11-7-13-30(3)23(35)20(26)21-24(36)33(17(2)15-34)22-25(37)31(14-8-12-27(21,22)38-26)16-32-19-10-6-5-9-18(19)28-29-32/h5-12,17,20-22,34H,4,13-16H2,1-3H3/t17-,20-,21+,22?,26+,27+/m1/s1. The number of carbonyl (C=O) groups is 3. The molecular weight excluding hydrogens is 488 g/mol. The molecule has 0 aliphatic carbocycles. The third-order valence-electron chi connectivity index (χ3n) is 8.63. The summed E-state index contributed by atoms with van der Waals surface area (Å²) in [6.07, 6.45) is 7.93. The Bertz CT molecular complexity index is 1370. The second kappa shape index (κ2) is 8.74. The largest absolute Gasteiger partial charge is 0.394 e. The van der Waals surface area contributed by atoms with Crippen LogP contribution in [0.4, 0.5) is 0 Å². The van der Waals surface area contributed by atoms with E-state index in [1.165, 1.54) is 4.90 Å². The monoisotopic (exact) mass is 520 g/mol. The number of fused-ring (bicyclic) bond motifs is 3. The molecule has 1 N–H and O–H groups in total. The Hall–Kier alpha value is -3.57. The molecule has 11 nitrogen and oxygen atoms in total. The summed E-state index contributed by atoms with van der Waals surface area (Å²) in [6.45, 7) is 4.13. The minimum absolute atomic E-state index is 0.125. The van der Waals surface area contributed by atoms with Gasteiger partial charge in [-0.2, -0.15) is 0 Å². The van der Waals surface area contributed by atoms with Gasteiger partial charge in [-0.25, -0.2) is 4.68 Å².